The molecule has 1 aromatic heterocycles. The molecule has 0 unspecified atom stereocenters. The molecule has 3 aromatic rings. The van der Waals surface area contributed by atoms with Crippen LogP contribution >= 0.6 is 15.9 Å². The van der Waals surface area contributed by atoms with Gasteiger partial charge in [-0.2, -0.15) is 0 Å². The zero-order valence-electron chi connectivity index (χ0n) is 21.3. The number of hydrogen-bond acceptors (Lipinski definition) is 5. The maximum absolute atomic E-state index is 12.8. The number of nitrogens with one attached hydrogen (secondary N) is 2. The summed E-state index contributed by atoms with van der Waals surface area (Å²) < 4.78 is 6.65. The molecule has 2 amide bonds. The van der Waals surface area contributed by atoms with Crippen LogP contribution in [0.2, 0.25) is 0 Å². The Balaban J connectivity index is 1.54. The molecule has 1 aliphatic heterocycles. The second-order valence-electron chi connectivity index (χ2n) is 8.53. The predicted molar refractivity (Wildman–Crippen MR) is 156 cm³/mol. The lowest BCUT2D eigenvalue weighted by Gasteiger charge is -2.22. The van der Waals surface area contributed by atoms with Gasteiger partial charge < -0.3 is 20.3 Å². The predicted octanol–water partition coefficient (Wildman–Crippen LogP) is 6.06. The smallest absolute Gasteiger partial charge is 0.257 e. The molecule has 4 rings (SSSR count). The number of carbonyl (C=O) groups excluding carboxylic acids is 2. The zero-order valence-corrected chi connectivity index (χ0v) is 22.9. The molecule has 2 aromatic carbocycles. The van der Waals surface area contributed by atoms with Crippen LogP contribution < -0.4 is 20.3 Å². The number of anilines is 2. The zero-order chi connectivity index (χ0) is 27.1. The van der Waals surface area contributed by atoms with Crippen LogP contribution in [0.3, 0.4) is 0 Å². The first kappa shape index (κ1) is 26.9. The summed E-state index contributed by atoms with van der Waals surface area (Å²) in [5, 5.41) is 5.79. The van der Waals surface area contributed by atoms with Crippen molar-refractivity contribution in [2.24, 2.45) is 0 Å². The van der Waals surface area contributed by atoms with E-state index in [2.05, 4.69) is 56.9 Å². The summed E-state index contributed by atoms with van der Waals surface area (Å²) in [6.45, 7) is 10.1. The van der Waals surface area contributed by atoms with Crippen molar-refractivity contribution in [2.45, 2.75) is 13.8 Å². The minimum atomic E-state index is -0.258. The van der Waals surface area contributed by atoms with Crippen molar-refractivity contribution in [1.29, 1.82) is 0 Å². The van der Waals surface area contributed by atoms with Gasteiger partial charge in [0.15, 0.2) is 0 Å². The molecule has 1 aliphatic rings. The van der Waals surface area contributed by atoms with Crippen molar-refractivity contribution in [2.75, 3.05) is 29.9 Å². The lowest BCUT2D eigenvalue weighted by atomic mass is 10.1. The second-order valence-corrected chi connectivity index (χ2v) is 9.44. The Morgan fingerprint density at radius 3 is 2.58 bits per heavy atom. The molecule has 38 heavy (non-hydrogen) atoms. The summed E-state index contributed by atoms with van der Waals surface area (Å²) in [6, 6.07) is 15.0. The van der Waals surface area contributed by atoms with Crippen LogP contribution in [0.25, 0.3) is 11.8 Å². The van der Waals surface area contributed by atoms with E-state index >= 15 is 0 Å². The normalized spacial score (nSPS) is 13.6. The van der Waals surface area contributed by atoms with Gasteiger partial charge in [-0.05, 0) is 77.8 Å². The molecule has 0 aliphatic carbocycles. The highest BCUT2D eigenvalue weighted by atomic mass is 79.9. The molecule has 0 saturated carbocycles. The van der Waals surface area contributed by atoms with Gasteiger partial charge in [0.1, 0.15) is 12.4 Å². The van der Waals surface area contributed by atoms with Gasteiger partial charge in [0, 0.05) is 64.2 Å². The van der Waals surface area contributed by atoms with Gasteiger partial charge in [0.05, 0.1) is 5.56 Å². The van der Waals surface area contributed by atoms with Gasteiger partial charge in [-0.25, -0.2) is 0 Å². The van der Waals surface area contributed by atoms with Crippen molar-refractivity contribution in [3.63, 3.8) is 0 Å². The molecule has 7 nitrogen and oxygen atoms in total. The number of benzene rings is 2. The fourth-order valence-electron chi connectivity index (χ4n) is 4.06. The van der Waals surface area contributed by atoms with Crippen LogP contribution in [-0.4, -0.2) is 36.5 Å². The SMILES string of the molecule is C=CCOc1cc(N(CC)CC)ccc1C=C1C=C(c2ccc(NC(=O)c3cncc(Br)c3)cc2)NC1=O. The van der Waals surface area contributed by atoms with Gasteiger partial charge in [-0.1, -0.05) is 24.8 Å². The van der Waals surface area contributed by atoms with E-state index in [4.69, 9.17) is 4.74 Å². The van der Waals surface area contributed by atoms with Crippen molar-refractivity contribution < 1.29 is 14.3 Å². The first-order valence-corrected chi connectivity index (χ1v) is 13.1. The molecule has 0 atom stereocenters. The quantitative estimate of drug-likeness (QED) is 0.228. The lowest BCUT2D eigenvalue weighted by Crippen LogP contribution is -2.21. The average molecular weight is 573 g/mol. The third-order valence-electron chi connectivity index (χ3n) is 6.02. The number of halogens is 1. The van der Waals surface area contributed by atoms with E-state index in [0.717, 1.165) is 34.4 Å². The van der Waals surface area contributed by atoms with Crippen LogP contribution in [-0.2, 0) is 4.79 Å². The third-order valence-corrected chi connectivity index (χ3v) is 6.46. The van der Waals surface area contributed by atoms with Crippen molar-refractivity contribution in [1.82, 2.24) is 10.3 Å². The topological polar surface area (TPSA) is 83.6 Å². The average Bonchev–Trinajstić information content (AvgIpc) is 3.29. The van der Waals surface area contributed by atoms with E-state index in [1.807, 2.05) is 42.5 Å². The van der Waals surface area contributed by atoms with Gasteiger partial charge in [0.25, 0.3) is 11.8 Å². The number of ether oxygens (including phenoxy) is 1. The number of hydrogen-bond donors (Lipinski definition) is 2. The monoisotopic (exact) mass is 572 g/mol. The summed E-state index contributed by atoms with van der Waals surface area (Å²) in [7, 11) is 0. The number of nitrogens with zero attached hydrogens (tertiary/aromatic N) is 2. The first-order valence-electron chi connectivity index (χ1n) is 12.3. The Hall–Kier alpha value is -4.17. The molecule has 194 valence electrons. The van der Waals surface area contributed by atoms with Crippen molar-refractivity contribution in [3.8, 4) is 5.75 Å². The van der Waals surface area contributed by atoms with Gasteiger partial charge >= 0.3 is 0 Å². The summed E-state index contributed by atoms with van der Waals surface area (Å²) in [4.78, 5) is 31.5. The van der Waals surface area contributed by atoms with Crippen LogP contribution in [0.5, 0.6) is 5.75 Å². The Bertz CT molecular complexity index is 1410. The number of pyridine rings is 1. The Labute approximate surface area is 231 Å². The van der Waals surface area contributed by atoms with Gasteiger partial charge in [0.2, 0.25) is 0 Å². The fraction of sp³-hybridized carbons (Fsp3) is 0.167. The lowest BCUT2D eigenvalue weighted by molar-refractivity contribution is -0.115. The Morgan fingerprint density at radius 1 is 1.13 bits per heavy atom. The highest BCUT2D eigenvalue weighted by molar-refractivity contribution is 9.10. The minimum absolute atomic E-state index is 0.193. The standard InChI is InChI=1S/C30H29BrN4O3/c1-4-13-38-28-17-26(35(5-2)6-3)12-9-21(28)14-22-16-27(34-29(22)36)20-7-10-25(11-8-20)33-30(37)23-15-24(31)19-32-18-23/h4,7-12,14-19H,1,5-6,13H2,2-3H3,(H,33,37)(H,34,36). The van der Waals surface area contributed by atoms with Crippen molar-refractivity contribution in [3.05, 3.63) is 106 Å². The third kappa shape index (κ3) is 6.39. The molecule has 2 heterocycles. The van der Waals surface area contributed by atoms with E-state index in [1.165, 1.54) is 6.20 Å². The minimum Gasteiger partial charge on any atom is -0.489 e. The highest BCUT2D eigenvalue weighted by Gasteiger charge is 2.20. The molecule has 0 bridgehead atoms. The van der Waals surface area contributed by atoms with Crippen LogP contribution in [0, 0.1) is 0 Å². The van der Waals surface area contributed by atoms with Crippen molar-refractivity contribution >= 4 is 50.9 Å². The Morgan fingerprint density at radius 2 is 1.89 bits per heavy atom. The summed E-state index contributed by atoms with van der Waals surface area (Å²) in [6.07, 6.45) is 8.47. The molecule has 0 radical (unpaired) electrons. The molecular formula is C30H29BrN4O3. The number of amides is 2. The summed E-state index contributed by atoms with van der Waals surface area (Å²) >= 11 is 3.32. The number of rotatable bonds is 10. The Kier molecular flexibility index (Phi) is 8.76. The van der Waals surface area contributed by atoms with Crippen LogP contribution in [0.15, 0.2) is 89.7 Å². The molecule has 0 saturated heterocycles. The van der Waals surface area contributed by atoms with E-state index in [9.17, 15) is 9.59 Å². The molecule has 8 heteroatoms. The van der Waals surface area contributed by atoms with Crippen LogP contribution in [0.4, 0.5) is 11.4 Å². The van der Waals surface area contributed by atoms with Gasteiger partial charge in [-0.15, -0.1) is 0 Å². The largest absolute Gasteiger partial charge is 0.489 e. The first-order chi connectivity index (χ1) is 18.4. The van der Waals surface area contributed by atoms with E-state index in [1.54, 1.807) is 30.5 Å². The van der Waals surface area contributed by atoms with E-state index in [-0.39, 0.29) is 11.8 Å². The van der Waals surface area contributed by atoms with Gasteiger partial charge in [-0.3, -0.25) is 14.6 Å². The maximum atomic E-state index is 12.8. The molecule has 2 N–H and O–H groups in total. The highest BCUT2D eigenvalue weighted by Crippen LogP contribution is 2.30. The van der Waals surface area contributed by atoms with E-state index < -0.39 is 0 Å². The molecule has 0 spiro atoms. The van der Waals surface area contributed by atoms with E-state index in [0.29, 0.717) is 34.9 Å². The second kappa shape index (κ2) is 12.4. The fourth-order valence-corrected chi connectivity index (χ4v) is 4.42. The maximum Gasteiger partial charge on any atom is 0.257 e. The van der Waals surface area contributed by atoms with Crippen LogP contribution in [0.1, 0.15) is 35.3 Å². The number of aromatic nitrogens is 1. The summed E-state index contributed by atoms with van der Waals surface area (Å²) in [5.41, 5.74) is 4.99. The number of carbonyl (C=O) groups is 2. The molecular weight excluding hydrogens is 544 g/mol. The molecule has 0 fully saturated rings. The summed E-state index contributed by atoms with van der Waals surface area (Å²) in [5.74, 6) is 0.242.